The molecule has 0 saturated heterocycles. The van der Waals surface area contributed by atoms with Crippen molar-refractivity contribution in [2.75, 3.05) is 0 Å². The van der Waals surface area contributed by atoms with E-state index < -0.39 is 11.7 Å². The maximum absolute atomic E-state index is 11.6. The van der Waals surface area contributed by atoms with Gasteiger partial charge in [0.25, 0.3) is 0 Å². The van der Waals surface area contributed by atoms with Crippen LogP contribution in [0, 0.1) is 16.7 Å². The van der Waals surface area contributed by atoms with Crippen LogP contribution in [0.4, 0.5) is 0 Å². The minimum atomic E-state index is -0.923. The fourth-order valence-corrected chi connectivity index (χ4v) is 5.52. The van der Waals surface area contributed by atoms with Crippen molar-refractivity contribution in [1.82, 2.24) is 0 Å². The van der Waals surface area contributed by atoms with Crippen molar-refractivity contribution in [2.24, 2.45) is 16.7 Å². The zero-order valence-corrected chi connectivity index (χ0v) is 14.7. The SMILES string of the molecule is C=C1C(O)CCC2(C)CCC3=C(C(C)C)CCC3(C)CC12O. The van der Waals surface area contributed by atoms with Gasteiger partial charge in [0, 0.05) is 5.41 Å². The summed E-state index contributed by atoms with van der Waals surface area (Å²) in [5.74, 6) is 0.605. The number of allylic oxidation sites excluding steroid dienone is 2. The van der Waals surface area contributed by atoms with Crippen molar-refractivity contribution < 1.29 is 10.2 Å². The monoisotopic (exact) mass is 304 g/mol. The highest BCUT2D eigenvalue weighted by molar-refractivity contribution is 5.36. The van der Waals surface area contributed by atoms with Gasteiger partial charge in [-0.15, -0.1) is 0 Å². The molecule has 124 valence electrons. The molecule has 2 saturated carbocycles. The first-order valence-corrected chi connectivity index (χ1v) is 8.95. The fraction of sp³-hybridized carbons (Fsp3) is 0.800. The van der Waals surface area contributed by atoms with E-state index >= 15 is 0 Å². The minimum absolute atomic E-state index is 0.0755. The van der Waals surface area contributed by atoms with Crippen LogP contribution in [0.5, 0.6) is 0 Å². The number of rotatable bonds is 1. The molecule has 0 aromatic heterocycles. The Kier molecular flexibility index (Phi) is 3.66. The predicted octanol–water partition coefficient (Wildman–Crippen LogP) is 4.37. The van der Waals surface area contributed by atoms with Gasteiger partial charge in [-0.05, 0) is 61.9 Å². The van der Waals surface area contributed by atoms with E-state index in [1.807, 2.05) is 0 Å². The molecule has 0 bridgehead atoms. The summed E-state index contributed by atoms with van der Waals surface area (Å²) in [6.45, 7) is 13.3. The van der Waals surface area contributed by atoms with Crippen LogP contribution in [0.25, 0.3) is 0 Å². The molecule has 2 nitrogen and oxygen atoms in total. The Bertz CT molecular complexity index is 532. The van der Waals surface area contributed by atoms with Crippen molar-refractivity contribution in [3.63, 3.8) is 0 Å². The second-order valence-corrected chi connectivity index (χ2v) is 8.90. The van der Waals surface area contributed by atoms with E-state index in [9.17, 15) is 10.2 Å². The normalized spacial score (nSPS) is 45.8. The van der Waals surface area contributed by atoms with Gasteiger partial charge in [0.2, 0.25) is 0 Å². The Balaban J connectivity index is 2.07. The van der Waals surface area contributed by atoms with E-state index in [0.717, 1.165) is 38.5 Å². The maximum atomic E-state index is 11.6. The van der Waals surface area contributed by atoms with Gasteiger partial charge < -0.3 is 10.2 Å². The average Bonchev–Trinajstić information content (AvgIpc) is 2.72. The lowest BCUT2D eigenvalue weighted by molar-refractivity contribution is -0.105. The van der Waals surface area contributed by atoms with E-state index in [4.69, 9.17) is 0 Å². The molecule has 4 unspecified atom stereocenters. The standard InChI is InChI=1S/C20H32O2/c1-13(2)15-6-9-18(4)12-20(22)14(3)17(21)8-11-19(20,5)10-7-16(15)18/h13,17,21-22H,3,6-12H2,1-2,4-5H3. The summed E-state index contributed by atoms with van der Waals surface area (Å²) in [5.41, 5.74) is 2.90. The van der Waals surface area contributed by atoms with Crippen LogP contribution in [0.2, 0.25) is 0 Å². The Labute approximate surface area is 135 Å². The lowest BCUT2D eigenvalue weighted by Crippen LogP contribution is -2.55. The molecule has 3 rings (SSSR count). The first-order chi connectivity index (χ1) is 10.1. The number of aliphatic hydroxyl groups excluding tert-OH is 1. The molecule has 0 aliphatic heterocycles. The van der Waals surface area contributed by atoms with Gasteiger partial charge in [-0.1, -0.05) is 45.4 Å². The first kappa shape index (κ1) is 16.3. The summed E-state index contributed by atoms with van der Waals surface area (Å²) >= 11 is 0. The summed E-state index contributed by atoms with van der Waals surface area (Å²) < 4.78 is 0. The van der Waals surface area contributed by atoms with Crippen LogP contribution in [-0.2, 0) is 0 Å². The molecule has 3 aliphatic carbocycles. The molecule has 2 N–H and O–H groups in total. The topological polar surface area (TPSA) is 40.5 Å². The number of hydrogen-bond donors (Lipinski definition) is 2. The Morgan fingerprint density at radius 2 is 1.82 bits per heavy atom. The van der Waals surface area contributed by atoms with Crippen LogP contribution in [0.3, 0.4) is 0 Å². The number of hydrogen-bond acceptors (Lipinski definition) is 2. The summed E-state index contributed by atoms with van der Waals surface area (Å²) in [4.78, 5) is 0. The van der Waals surface area contributed by atoms with E-state index in [2.05, 4.69) is 34.3 Å². The van der Waals surface area contributed by atoms with Gasteiger partial charge in [-0.3, -0.25) is 0 Å². The van der Waals surface area contributed by atoms with Crippen LogP contribution in [-0.4, -0.2) is 21.9 Å². The molecule has 0 aromatic rings. The smallest absolute Gasteiger partial charge is 0.0940 e. The van der Waals surface area contributed by atoms with Crippen LogP contribution >= 0.6 is 0 Å². The highest BCUT2D eigenvalue weighted by Crippen LogP contribution is 2.62. The fourth-order valence-electron chi connectivity index (χ4n) is 5.52. The lowest BCUT2D eigenvalue weighted by atomic mass is 9.57. The van der Waals surface area contributed by atoms with E-state index in [-0.39, 0.29) is 10.8 Å². The van der Waals surface area contributed by atoms with Gasteiger partial charge in [0.1, 0.15) is 0 Å². The van der Waals surface area contributed by atoms with Gasteiger partial charge in [-0.25, -0.2) is 0 Å². The molecule has 0 heterocycles. The molecule has 2 fully saturated rings. The van der Waals surface area contributed by atoms with Crippen LogP contribution in [0.15, 0.2) is 23.3 Å². The molecule has 0 amide bonds. The van der Waals surface area contributed by atoms with Crippen molar-refractivity contribution in [1.29, 1.82) is 0 Å². The molecule has 4 atom stereocenters. The zero-order chi connectivity index (χ0) is 16.3. The molecule has 0 radical (unpaired) electrons. The molecule has 0 spiro atoms. The Hall–Kier alpha value is -0.600. The molecular weight excluding hydrogens is 272 g/mol. The summed E-state index contributed by atoms with van der Waals surface area (Å²) in [6, 6.07) is 0. The van der Waals surface area contributed by atoms with Crippen molar-refractivity contribution >= 4 is 0 Å². The second kappa shape index (κ2) is 4.95. The second-order valence-electron chi connectivity index (χ2n) is 8.90. The van der Waals surface area contributed by atoms with Crippen LogP contribution < -0.4 is 0 Å². The largest absolute Gasteiger partial charge is 0.389 e. The predicted molar refractivity (Wildman–Crippen MR) is 90.5 cm³/mol. The quantitative estimate of drug-likeness (QED) is 0.706. The average molecular weight is 304 g/mol. The highest BCUT2D eigenvalue weighted by Gasteiger charge is 2.58. The molecule has 0 aromatic carbocycles. The van der Waals surface area contributed by atoms with E-state index in [0.29, 0.717) is 11.5 Å². The molecule has 2 heteroatoms. The van der Waals surface area contributed by atoms with E-state index in [1.54, 1.807) is 11.1 Å². The number of aliphatic hydroxyl groups is 2. The maximum Gasteiger partial charge on any atom is 0.0940 e. The Morgan fingerprint density at radius 1 is 1.14 bits per heavy atom. The van der Waals surface area contributed by atoms with Gasteiger partial charge >= 0.3 is 0 Å². The third kappa shape index (κ3) is 2.06. The van der Waals surface area contributed by atoms with Gasteiger partial charge in [0.15, 0.2) is 0 Å². The minimum Gasteiger partial charge on any atom is -0.389 e. The van der Waals surface area contributed by atoms with Gasteiger partial charge in [0.05, 0.1) is 11.7 Å². The first-order valence-electron chi connectivity index (χ1n) is 8.95. The van der Waals surface area contributed by atoms with Crippen molar-refractivity contribution in [3.05, 3.63) is 23.3 Å². The van der Waals surface area contributed by atoms with Crippen molar-refractivity contribution in [3.8, 4) is 0 Å². The molecule has 22 heavy (non-hydrogen) atoms. The highest BCUT2D eigenvalue weighted by atomic mass is 16.3. The third-order valence-electron chi connectivity index (χ3n) is 7.23. The van der Waals surface area contributed by atoms with Crippen molar-refractivity contribution in [2.45, 2.75) is 84.3 Å². The summed E-state index contributed by atoms with van der Waals surface area (Å²) in [5, 5.41) is 21.9. The third-order valence-corrected chi connectivity index (χ3v) is 7.23. The molecular formula is C20H32O2. The number of fused-ring (bicyclic) bond motifs is 2. The molecule has 3 aliphatic rings. The zero-order valence-electron chi connectivity index (χ0n) is 14.7. The van der Waals surface area contributed by atoms with E-state index in [1.165, 1.54) is 6.42 Å². The summed E-state index contributed by atoms with van der Waals surface area (Å²) in [7, 11) is 0. The summed E-state index contributed by atoms with van der Waals surface area (Å²) in [6.07, 6.45) is 6.25. The Morgan fingerprint density at radius 3 is 2.45 bits per heavy atom. The van der Waals surface area contributed by atoms with Gasteiger partial charge in [-0.2, -0.15) is 0 Å². The lowest BCUT2D eigenvalue weighted by Gasteiger charge is -2.52. The van der Waals surface area contributed by atoms with Crippen LogP contribution in [0.1, 0.15) is 72.6 Å².